The van der Waals surface area contributed by atoms with E-state index in [1.807, 2.05) is 72.8 Å². The van der Waals surface area contributed by atoms with E-state index in [0.29, 0.717) is 11.8 Å². The van der Waals surface area contributed by atoms with Crippen molar-refractivity contribution in [3.8, 4) is 0 Å². The molecule has 2 nitrogen and oxygen atoms in total. The highest BCUT2D eigenvalue weighted by molar-refractivity contribution is 7.79. The average Bonchev–Trinajstić information content (AvgIpc) is 2.95. The molecule has 4 atom stereocenters. The lowest BCUT2D eigenvalue weighted by molar-refractivity contribution is 0.578. The van der Waals surface area contributed by atoms with Crippen LogP contribution in [0.2, 0.25) is 0 Å². The van der Waals surface area contributed by atoms with Crippen molar-refractivity contribution in [2.45, 2.75) is 38.5 Å². The van der Waals surface area contributed by atoms with Crippen LogP contribution in [0, 0.1) is 0 Å². The number of fused-ring (bicyclic) bond motifs is 2. The van der Waals surface area contributed by atoms with E-state index < -0.39 is 14.3 Å². The normalized spacial score (nSPS) is 26.6. The largest absolute Gasteiger partial charge is 0.314 e. The van der Waals surface area contributed by atoms with Crippen LogP contribution in [0.5, 0.6) is 0 Å². The average molecular weight is 513 g/mol. The van der Waals surface area contributed by atoms with E-state index in [9.17, 15) is 9.13 Å². The smallest absolute Gasteiger partial charge is 0.143 e. The molecule has 0 bridgehead atoms. The second kappa shape index (κ2) is 10.4. The quantitative estimate of drug-likeness (QED) is 0.271. The molecule has 2 aliphatic heterocycles. The van der Waals surface area contributed by atoms with E-state index in [1.165, 1.54) is 11.1 Å². The van der Waals surface area contributed by atoms with Crippen LogP contribution in [0.1, 0.15) is 49.7 Å². The second-order valence-corrected chi connectivity index (χ2v) is 15.9. The van der Waals surface area contributed by atoms with Crippen LogP contribution in [0.15, 0.2) is 109 Å². The molecule has 6 rings (SSSR count). The number of rotatable bonds is 2. The Morgan fingerprint density at radius 1 is 0.500 bits per heavy atom. The lowest BCUT2D eigenvalue weighted by Crippen LogP contribution is -2.27. The molecule has 0 spiro atoms. The highest BCUT2D eigenvalue weighted by Crippen LogP contribution is 2.51. The van der Waals surface area contributed by atoms with Gasteiger partial charge in [-0.2, -0.15) is 0 Å². The fourth-order valence-corrected chi connectivity index (χ4v) is 12.1. The summed E-state index contributed by atoms with van der Waals surface area (Å²) in [5, 5.41) is 4.17. The van der Waals surface area contributed by atoms with Crippen LogP contribution < -0.4 is 21.2 Å². The van der Waals surface area contributed by atoms with Crippen LogP contribution in [0.25, 0.3) is 0 Å². The fraction of sp³-hybridized carbons (Fsp3) is 0.250. The summed E-state index contributed by atoms with van der Waals surface area (Å²) in [7, 11) is -4.79. The van der Waals surface area contributed by atoms with Crippen molar-refractivity contribution in [2.75, 3.05) is 12.3 Å². The van der Waals surface area contributed by atoms with E-state index in [-0.39, 0.29) is 0 Å². The van der Waals surface area contributed by atoms with Gasteiger partial charge in [-0.25, -0.2) is 0 Å². The maximum Gasteiger partial charge on any atom is 0.143 e. The third kappa shape index (κ3) is 4.58. The van der Waals surface area contributed by atoms with E-state index in [2.05, 4.69) is 50.2 Å². The molecule has 0 N–H and O–H groups in total. The molecular formula is C32H34O2P2. The molecule has 4 unspecified atom stereocenters. The Balaban J connectivity index is 0.000000148. The van der Waals surface area contributed by atoms with Crippen molar-refractivity contribution in [1.29, 1.82) is 0 Å². The minimum Gasteiger partial charge on any atom is -0.314 e. The SMILES string of the molecule is CC1CCP(=O)(c2ccccc2)c2ccccc21.CC1CCP(=O)(c2ccccc2)c2ccccc21. The van der Waals surface area contributed by atoms with Gasteiger partial charge in [-0.3, -0.25) is 0 Å². The third-order valence-electron chi connectivity index (χ3n) is 7.81. The maximum absolute atomic E-state index is 13.4. The molecule has 36 heavy (non-hydrogen) atoms. The summed E-state index contributed by atoms with van der Waals surface area (Å²) in [5.74, 6) is 1.04. The molecule has 4 aromatic rings. The Labute approximate surface area is 215 Å². The first-order valence-electron chi connectivity index (χ1n) is 12.9. The lowest BCUT2D eigenvalue weighted by Gasteiger charge is -2.30. The predicted molar refractivity (Wildman–Crippen MR) is 155 cm³/mol. The van der Waals surface area contributed by atoms with Gasteiger partial charge in [0.1, 0.15) is 14.3 Å². The summed E-state index contributed by atoms with van der Waals surface area (Å²) < 4.78 is 26.8. The monoisotopic (exact) mass is 512 g/mol. The Kier molecular flexibility index (Phi) is 7.21. The molecule has 2 heterocycles. The molecule has 0 radical (unpaired) electrons. The molecule has 4 heteroatoms. The van der Waals surface area contributed by atoms with Gasteiger partial charge in [-0.05, 0) is 35.8 Å². The van der Waals surface area contributed by atoms with Crippen molar-refractivity contribution < 1.29 is 9.13 Å². The van der Waals surface area contributed by atoms with Crippen molar-refractivity contribution in [3.05, 3.63) is 120 Å². The van der Waals surface area contributed by atoms with Crippen LogP contribution in [0.4, 0.5) is 0 Å². The molecule has 0 aliphatic carbocycles. The number of hydrogen-bond donors (Lipinski definition) is 0. The highest BCUT2D eigenvalue weighted by Gasteiger charge is 2.35. The topological polar surface area (TPSA) is 34.1 Å². The zero-order valence-corrected chi connectivity index (χ0v) is 22.9. The maximum atomic E-state index is 13.4. The minimum absolute atomic E-state index is 0.520. The molecule has 4 aromatic carbocycles. The first kappa shape index (κ1) is 25.0. The van der Waals surface area contributed by atoms with Crippen molar-refractivity contribution in [1.82, 2.24) is 0 Å². The van der Waals surface area contributed by atoms with E-state index in [0.717, 1.165) is 46.4 Å². The molecule has 184 valence electrons. The molecule has 0 saturated carbocycles. The van der Waals surface area contributed by atoms with Crippen LogP contribution in [0.3, 0.4) is 0 Å². The van der Waals surface area contributed by atoms with E-state index >= 15 is 0 Å². The molecular weight excluding hydrogens is 478 g/mol. The summed E-state index contributed by atoms with van der Waals surface area (Å²) in [5.41, 5.74) is 2.55. The number of benzene rings is 4. The van der Waals surface area contributed by atoms with Gasteiger partial charge in [0.05, 0.1) is 0 Å². The number of hydrogen-bond acceptors (Lipinski definition) is 2. The first-order valence-corrected chi connectivity index (χ1v) is 16.7. The summed E-state index contributed by atoms with van der Waals surface area (Å²) in [6.07, 6.45) is 3.64. The first-order chi connectivity index (χ1) is 17.4. The standard InChI is InChI=1S/2C16H17OP/c2*1-13-11-12-18(17,14-7-3-2-4-8-14)16-10-6-5-9-15(13)16/h2*2-10,13H,11-12H2,1H3. The van der Waals surface area contributed by atoms with Gasteiger partial charge in [0.15, 0.2) is 0 Å². The Morgan fingerprint density at radius 2 is 0.833 bits per heavy atom. The summed E-state index contributed by atoms with van der Waals surface area (Å²) >= 11 is 0. The van der Waals surface area contributed by atoms with Crippen molar-refractivity contribution >= 4 is 35.5 Å². The van der Waals surface area contributed by atoms with Gasteiger partial charge in [-0.15, -0.1) is 0 Å². The second-order valence-electron chi connectivity index (χ2n) is 10.1. The predicted octanol–water partition coefficient (Wildman–Crippen LogP) is 7.02. The highest BCUT2D eigenvalue weighted by atomic mass is 31.2. The van der Waals surface area contributed by atoms with Gasteiger partial charge in [-0.1, -0.05) is 123 Å². The van der Waals surface area contributed by atoms with Crippen molar-refractivity contribution in [2.24, 2.45) is 0 Å². The Morgan fingerprint density at radius 3 is 1.22 bits per heavy atom. The Hall–Kier alpha value is -2.66. The Bertz CT molecular complexity index is 1320. The zero-order chi connectivity index (χ0) is 25.2. The molecule has 0 amide bonds. The molecule has 0 aromatic heterocycles. The van der Waals surface area contributed by atoms with Crippen molar-refractivity contribution in [3.63, 3.8) is 0 Å². The van der Waals surface area contributed by atoms with Crippen LogP contribution in [-0.4, -0.2) is 12.3 Å². The van der Waals surface area contributed by atoms with E-state index in [4.69, 9.17) is 0 Å². The fourth-order valence-electron chi connectivity index (χ4n) is 5.64. The minimum atomic E-state index is -2.39. The van der Waals surface area contributed by atoms with Gasteiger partial charge in [0.2, 0.25) is 0 Å². The summed E-state index contributed by atoms with van der Waals surface area (Å²) in [6.45, 7) is 4.46. The van der Waals surface area contributed by atoms with Crippen LogP contribution in [-0.2, 0) is 9.13 Å². The molecule has 0 saturated heterocycles. The summed E-state index contributed by atoms with van der Waals surface area (Å²) in [6, 6.07) is 36.4. The van der Waals surface area contributed by atoms with Gasteiger partial charge >= 0.3 is 0 Å². The van der Waals surface area contributed by atoms with Gasteiger partial charge < -0.3 is 9.13 Å². The van der Waals surface area contributed by atoms with Gasteiger partial charge in [0.25, 0.3) is 0 Å². The molecule has 0 fully saturated rings. The zero-order valence-electron chi connectivity index (χ0n) is 21.1. The van der Waals surface area contributed by atoms with Gasteiger partial charge in [0, 0.05) is 33.5 Å². The third-order valence-corrected chi connectivity index (χ3v) is 14.2. The summed E-state index contributed by atoms with van der Waals surface area (Å²) in [4.78, 5) is 0. The van der Waals surface area contributed by atoms with Crippen LogP contribution >= 0.6 is 14.3 Å². The van der Waals surface area contributed by atoms with E-state index in [1.54, 1.807) is 0 Å². The molecule has 2 aliphatic rings. The lowest BCUT2D eigenvalue weighted by atomic mass is 9.98.